The smallest absolute Gasteiger partial charge is 0.325 e. The van der Waals surface area contributed by atoms with E-state index >= 15 is 0 Å². The van der Waals surface area contributed by atoms with Gasteiger partial charge in [-0.3, -0.25) is 9.69 Å². The van der Waals surface area contributed by atoms with Gasteiger partial charge >= 0.3 is 5.97 Å². The van der Waals surface area contributed by atoms with Crippen molar-refractivity contribution in [3.8, 4) is 0 Å². The zero-order chi connectivity index (χ0) is 12.4. The van der Waals surface area contributed by atoms with Gasteiger partial charge in [-0.25, -0.2) is 0 Å². The lowest BCUT2D eigenvalue weighted by Gasteiger charge is -2.34. The predicted octanol–water partition coefficient (Wildman–Crippen LogP) is 2.78. The van der Waals surface area contributed by atoms with E-state index in [0.717, 1.165) is 31.5 Å². The zero-order valence-electron chi connectivity index (χ0n) is 10.3. The Morgan fingerprint density at radius 1 is 1.71 bits per heavy atom. The largest absolute Gasteiger partial charge is 0.480 e. The van der Waals surface area contributed by atoms with Crippen LogP contribution < -0.4 is 0 Å². The van der Waals surface area contributed by atoms with Gasteiger partial charge in [0.2, 0.25) is 0 Å². The Balaban J connectivity index is 2.21. The highest BCUT2D eigenvalue weighted by molar-refractivity contribution is 7.10. The molecule has 0 fully saturated rings. The van der Waals surface area contributed by atoms with E-state index in [9.17, 15) is 9.90 Å². The molecule has 1 aromatic heterocycles. The van der Waals surface area contributed by atoms with Crippen LogP contribution in [0.3, 0.4) is 0 Å². The van der Waals surface area contributed by atoms with Crippen molar-refractivity contribution < 1.29 is 9.90 Å². The molecule has 17 heavy (non-hydrogen) atoms. The number of rotatable bonds is 4. The van der Waals surface area contributed by atoms with Crippen LogP contribution in [0, 0.1) is 5.92 Å². The van der Waals surface area contributed by atoms with E-state index in [4.69, 9.17) is 0 Å². The molecule has 2 heterocycles. The first-order valence-corrected chi connectivity index (χ1v) is 7.04. The lowest BCUT2D eigenvalue weighted by Crippen LogP contribution is -2.41. The summed E-state index contributed by atoms with van der Waals surface area (Å²) >= 11 is 1.68. The van der Waals surface area contributed by atoms with E-state index in [1.165, 1.54) is 4.88 Å². The first-order valence-electron chi connectivity index (χ1n) is 6.16. The second-order valence-electron chi connectivity index (χ2n) is 4.80. The van der Waals surface area contributed by atoms with Crippen molar-refractivity contribution in [2.75, 3.05) is 13.1 Å². The first-order chi connectivity index (χ1) is 8.13. The molecular formula is C13H19NO2S. The van der Waals surface area contributed by atoms with Crippen LogP contribution in [0.5, 0.6) is 0 Å². The SMILES string of the molecule is CCC(C)CN1CCc2sccc2C1C(=O)O. The Hall–Kier alpha value is -0.870. The van der Waals surface area contributed by atoms with E-state index in [-0.39, 0.29) is 0 Å². The lowest BCUT2D eigenvalue weighted by atomic mass is 9.98. The van der Waals surface area contributed by atoms with E-state index in [1.807, 2.05) is 11.4 Å². The highest BCUT2D eigenvalue weighted by atomic mass is 32.1. The highest BCUT2D eigenvalue weighted by Gasteiger charge is 2.33. The molecule has 0 aliphatic carbocycles. The number of hydrogen-bond donors (Lipinski definition) is 1. The average molecular weight is 253 g/mol. The van der Waals surface area contributed by atoms with E-state index in [0.29, 0.717) is 5.92 Å². The number of carboxylic acid groups (broad SMARTS) is 1. The minimum absolute atomic E-state index is 0.431. The molecule has 2 atom stereocenters. The van der Waals surface area contributed by atoms with Crippen molar-refractivity contribution in [2.24, 2.45) is 5.92 Å². The molecule has 1 N–H and O–H groups in total. The quantitative estimate of drug-likeness (QED) is 0.897. The fourth-order valence-corrected chi connectivity index (χ4v) is 3.29. The maximum atomic E-state index is 11.5. The van der Waals surface area contributed by atoms with Gasteiger partial charge in [0.25, 0.3) is 0 Å². The molecule has 0 saturated heterocycles. The van der Waals surface area contributed by atoms with Crippen molar-refractivity contribution in [3.63, 3.8) is 0 Å². The van der Waals surface area contributed by atoms with Crippen LogP contribution in [0.2, 0.25) is 0 Å². The number of carboxylic acids is 1. The molecule has 1 aromatic rings. The lowest BCUT2D eigenvalue weighted by molar-refractivity contribution is -0.144. The van der Waals surface area contributed by atoms with Crippen LogP contribution in [0.4, 0.5) is 0 Å². The van der Waals surface area contributed by atoms with Crippen LogP contribution in [0.25, 0.3) is 0 Å². The maximum Gasteiger partial charge on any atom is 0.325 e. The summed E-state index contributed by atoms with van der Waals surface area (Å²) in [4.78, 5) is 14.8. The van der Waals surface area contributed by atoms with Gasteiger partial charge in [0, 0.05) is 18.0 Å². The monoisotopic (exact) mass is 253 g/mol. The number of fused-ring (bicyclic) bond motifs is 1. The summed E-state index contributed by atoms with van der Waals surface area (Å²) in [6.07, 6.45) is 2.09. The molecule has 0 amide bonds. The first kappa shape index (κ1) is 12.6. The molecule has 2 unspecified atom stereocenters. The predicted molar refractivity (Wildman–Crippen MR) is 69.4 cm³/mol. The summed E-state index contributed by atoms with van der Waals surface area (Å²) in [6.45, 7) is 6.08. The highest BCUT2D eigenvalue weighted by Crippen LogP contribution is 2.33. The van der Waals surface area contributed by atoms with Gasteiger partial charge in [0.05, 0.1) is 0 Å². The number of carbonyl (C=O) groups is 1. The van der Waals surface area contributed by atoms with Gasteiger partial charge in [-0.1, -0.05) is 20.3 Å². The third kappa shape index (κ3) is 2.53. The van der Waals surface area contributed by atoms with E-state index in [1.54, 1.807) is 11.3 Å². The Morgan fingerprint density at radius 3 is 3.12 bits per heavy atom. The minimum Gasteiger partial charge on any atom is -0.480 e. The van der Waals surface area contributed by atoms with Crippen LogP contribution in [-0.4, -0.2) is 29.1 Å². The fraction of sp³-hybridized carbons (Fsp3) is 0.615. The Morgan fingerprint density at radius 2 is 2.47 bits per heavy atom. The van der Waals surface area contributed by atoms with Gasteiger partial charge < -0.3 is 5.11 Å². The summed E-state index contributed by atoms with van der Waals surface area (Å²) < 4.78 is 0. The molecule has 1 aliphatic heterocycles. The summed E-state index contributed by atoms with van der Waals surface area (Å²) in [5, 5.41) is 11.4. The molecule has 4 heteroatoms. The van der Waals surface area contributed by atoms with Crippen LogP contribution in [0.1, 0.15) is 36.8 Å². The second kappa shape index (κ2) is 5.19. The average Bonchev–Trinajstić information content (AvgIpc) is 2.75. The molecule has 0 radical (unpaired) electrons. The second-order valence-corrected chi connectivity index (χ2v) is 5.80. The normalized spacial score (nSPS) is 22.1. The van der Waals surface area contributed by atoms with Crippen molar-refractivity contribution >= 4 is 17.3 Å². The number of hydrogen-bond acceptors (Lipinski definition) is 3. The van der Waals surface area contributed by atoms with Crippen LogP contribution in [-0.2, 0) is 11.2 Å². The molecule has 1 aliphatic rings. The minimum atomic E-state index is -0.715. The Labute approximate surface area is 106 Å². The number of aliphatic carboxylic acids is 1. The number of nitrogens with zero attached hydrogens (tertiary/aromatic N) is 1. The standard InChI is InChI=1S/C13H19NO2S/c1-3-9(2)8-14-6-4-11-10(5-7-17-11)12(14)13(15)16/h5,7,9,12H,3-4,6,8H2,1-2H3,(H,15,16). The van der Waals surface area contributed by atoms with E-state index < -0.39 is 12.0 Å². The number of thiophene rings is 1. The third-order valence-electron chi connectivity index (χ3n) is 3.54. The van der Waals surface area contributed by atoms with Gasteiger partial charge in [-0.05, 0) is 29.3 Å². The zero-order valence-corrected chi connectivity index (χ0v) is 11.2. The fourth-order valence-electron chi connectivity index (χ4n) is 2.38. The van der Waals surface area contributed by atoms with Crippen molar-refractivity contribution in [2.45, 2.75) is 32.7 Å². The summed E-state index contributed by atoms with van der Waals surface area (Å²) in [5.74, 6) is -0.162. The Bertz CT molecular complexity index is 402. The molecule has 0 saturated carbocycles. The summed E-state index contributed by atoms with van der Waals surface area (Å²) in [6, 6.07) is 1.54. The molecule has 2 rings (SSSR count). The maximum absolute atomic E-state index is 11.5. The Kier molecular flexibility index (Phi) is 3.84. The van der Waals surface area contributed by atoms with Gasteiger partial charge in [-0.15, -0.1) is 11.3 Å². The topological polar surface area (TPSA) is 40.5 Å². The summed E-state index contributed by atoms with van der Waals surface area (Å²) in [7, 11) is 0. The molecule has 0 bridgehead atoms. The van der Waals surface area contributed by atoms with Gasteiger partial charge in [0.15, 0.2) is 0 Å². The van der Waals surface area contributed by atoms with Crippen LogP contribution in [0.15, 0.2) is 11.4 Å². The van der Waals surface area contributed by atoms with Crippen molar-refractivity contribution in [3.05, 3.63) is 21.9 Å². The van der Waals surface area contributed by atoms with Gasteiger partial charge in [-0.2, -0.15) is 0 Å². The summed E-state index contributed by atoms with van der Waals surface area (Å²) in [5.41, 5.74) is 1.01. The molecule has 94 valence electrons. The third-order valence-corrected chi connectivity index (χ3v) is 4.54. The van der Waals surface area contributed by atoms with Crippen molar-refractivity contribution in [1.29, 1.82) is 0 Å². The van der Waals surface area contributed by atoms with Gasteiger partial charge in [0.1, 0.15) is 6.04 Å². The molecular weight excluding hydrogens is 234 g/mol. The van der Waals surface area contributed by atoms with Crippen molar-refractivity contribution in [1.82, 2.24) is 4.90 Å². The molecule has 3 nitrogen and oxygen atoms in total. The molecule has 0 spiro atoms. The van der Waals surface area contributed by atoms with Crippen LogP contribution >= 0.6 is 11.3 Å². The molecule has 0 aromatic carbocycles. The van der Waals surface area contributed by atoms with E-state index in [2.05, 4.69) is 18.7 Å².